The summed E-state index contributed by atoms with van der Waals surface area (Å²) in [6, 6.07) is 10.6. The number of hydrogen-bond acceptors (Lipinski definition) is 4. The van der Waals surface area contributed by atoms with Crippen molar-refractivity contribution in [3.63, 3.8) is 0 Å². The SMILES string of the molecule is CC(=O)O.CC1=Nc2ccc(F)cc2C1(C)C.NNc1ccc(F)cc1. The number of hydrazine groups is 1. The van der Waals surface area contributed by atoms with E-state index in [0.717, 1.165) is 23.9 Å². The van der Waals surface area contributed by atoms with Gasteiger partial charge in [-0.1, -0.05) is 13.8 Å². The van der Waals surface area contributed by atoms with Gasteiger partial charge in [0.1, 0.15) is 11.6 Å². The molecule has 140 valence electrons. The lowest BCUT2D eigenvalue weighted by molar-refractivity contribution is -0.134. The molecular weight excluding hydrogens is 340 g/mol. The molecule has 4 N–H and O–H groups in total. The number of aliphatic imine (C=N–C) groups is 1. The molecule has 1 aliphatic rings. The van der Waals surface area contributed by atoms with Crippen molar-refractivity contribution in [2.45, 2.75) is 33.1 Å². The van der Waals surface area contributed by atoms with Gasteiger partial charge in [0.2, 0.25) is 0 Å². The van der Waals surface area contributed by atoms with Crippen LogP contribution in [0.4, 0.5) is 20.2 Å². The number of nitrogen functional groups attached to an aromatic ring is 1. The molecule has 2 aromatic carbocycles. The Morgan fingerprint density at radius 2 is 1.62 bits per heavy atom. The number of halogens is 2. The van der Waals surface area contributed by atoms with Crippen LogP contribution < -0.4 is 11.3 Å². The van der Waals surface area contributed by atoms with Crippen LogP contribution in [0.3, 0.4) is 0 Å². The zero-order valence-corrected chi connectivity index (χ0v) is 15.2. The Balaban J connectivity index is 0.000000227. The average Bonchev–Trinajstić information content (AvgIpc) is 2.78. The number of fused-ring (bicyclic) bond motifs is 1. The topological polar surface area (TPSA) is 87.7 Å². The molecule has 0 spiro atoms. The number of benzene rings is 2. The zero-order chi connectivity index (χ0) is 19.9. The van der Waals surface area contributed by atoms with E-state index in [2.05, 4.69) is 24.3 Å². The van der Waals surface area contributed by atoms with E-state index in [0.29, 0.717) is 5.69 Å². The molecule has 3 rings (SSSR count). The number of aliphatic carboxylic acids is 1. The van der Waals surface area contributed by atoms with Crippen LogP contribution in [0.2, 0.25) is 0 Å². The van der Waals surface area contributed by atoms with Crippen molar-refractivity contribution in [3.05, 3.63) is 59.7 Å². The minimum atomic E-state index is -0.833. The number of nitrogens with zero attached hydrogens (tertiary/aromatic N) is 1. The first kappa shape index (κ1) is 21.2. The fourth-order valence-electron chi connectivity index (χ4n) is 2.17. The predicted octanol–water partition coefficient (Wildman–Crippen LogP) is 4.41. The molecule has 5 nitrogen and oxygen atoms in total. The van der Waals surface area contributed by atoms with Crippen molar-refractivity contribution in [3.8, 4) is 0 Å². The molecule has 0 fully saturated rings. The van der Waals surface area contributed by atoms with E-state index in [-0.39, 0.29) is 17.0 Å². The van der Waals surface area contributed by atoms with E-state index in [4.69, 9.17) is 15.7 Å². The van der Waals surface area contributed by atoms with E-state index >= 15 is 0 Å². The van der Waals surface area contributed by atoms with Gasteiger partial charge in [-0.05, 0) is 55.0 Å². The molecule has 2 aromatic rings. The third-order valence-electron chi connectivity index (χ3n) is 3.84. The van der Waals surface area contributed by atoms with Crippen LogP contribution in [-0.4, -0.2) is 16.8 Å². The van der Waals surface area contributed by atoms with Crippen LogP contribution in [0.5, 0.6) is 0 Å². The molecular formula is C19H23F2N3O2. The fraction of sp³-hybridized carbons (Fsp3) is 0.263. The van der Waals surface area contributed by atoms with Crippen molar-refractivity contribution < 1.29 is 18.7 Å². The molecule has 1 heterocycles. The highest BCUT2D eigenvalue weighted by Gasteiger charge is 2.32. The molecule has 26 heavy (non-hydrogen) atoms. The summed E-state index contributed by atoms with van der Waals surface area (Å²) in [5.41, 5.74) is 5.93. The Morgan fingerprint density at radius 3 is 2.12 bits per heavy atom. The molecule has 0 bridgehead atoms. The third kappa shape index (κ3) is 5.93. The summed E-state index contributed by atoms with van der Waals surface area (Å²) >= 11 is 0. The lowest BCUT2D eigenvalue weighted by atomic mass is 9.82. The second kappa shape index (κ2) is 9.05. The van der Waals surface area contributed by atoms with Gasteiger partial charge in [-0.3, -0.25) is 15.6 Å². The Labute approximate surface area is 151 Å². The first-order chi connectivity index (χ1) is 12.1. The second-order valence-electron chi connectivity index (χ2n) is 6.15. The molecule has 0 aliphatic carbocycles. The van der Waals surface area contributed by atoms with Crippen molar-refractivity contribution in [2.75, 3.05) is 5.43 Å². The van der Waals surface area contributed by atoms with Gasteiger partial charge in [-0.15, -0.1) is 0 Å². The number of rotatable bonds is 1. The van der Waals surface area contributed by atoms with Crippen LogP contribution in [0.1, 0.15) is 33.3 Å². The largest absolute Gasteiger partial charge is 0.481 e. The van der Waals surface area contributed by atoms with Crippen molar-refractivity contribution >= 4 is 23.1 Å². The summed E-state index contributed by atoms with van der Waals surface area (Å²) in [5, 5.41) is 7.42. The first-order valence-electron chi connectivity index (χ1n) is 7.85. The van der Waals surface area contributed by atoms with Gasteiger partial charge < -0.3 is 10.5 Å². The molecule has 0 saturated heterocycles. The van der Waals surface area contributed by atoms with E-state index in [1.807, 2.05) is 6.92 Å². The third-order valence-corrected chi connectivity index (χ3v) is 3.84. The monoisotopic (exact) mass is 363 g/mol. The minimum absolute atomic E-state index is 0.114. The standard InChI is InChI=1S/C11H12FN.C6H7FN2.C2H4O2/c1-7-11(2,3)9-6-8(12)4-5-10(9)13-7;7-5-1-3-6(9-8)4-2-5;1-2(3)4/h4-6H,1-3H3;1-4,9H,8H2;1H3,(H,3,4). The molecule has 0 aromatic heterocycles. The quantitative estimate of drug-likeness (QED) is 0.517. The average molecular weight is 363 g/mol. The lowest BCUT2D eigenvalue weighted by Crippen LogP contribution is -2.22. The summed E-state index contributed by atoms with van der Waals surface area (Å²) < 4.78 is 25.1. The highest BCUT2D eigenvalue weighted by Crippen LogP contribution is 2.39. The maximum Gasteiger partial charge on any atom is 0.300 e. The Morgan fingerprint density at radius 1 is 1.12 bits per heavy atom. The highest BCUT2D eigenvalue weighted by atomic mass is 19.1. The molecule has 0 unspecified atom stereocenters. The van der Waals surface area contributed by atoms with Crippen molar-refractivity contribution in [1.29, 1.82) is 0 Å². The van der Waals surface area contributed by atoms with Gasteiger partial charge in [0.25, 0.3) is 5.97 Å². The molecule has 1 aliphatic heterocycles. The predicted molar refractivity (Wildman–Crippen MR) is 99.7 cm³/mol. The first-order valence-corrected chi connectivity index (χ1v) is 7.85. The molecule has 7 heteroatoms. The lowest BCUT2D eigenvalue weighted by Gasteiger charge is -2.19. The van der Waals surface area contributed by atoms with Crippen LogP contribution >= 0.6 is 0 Å². The Hall–Kier alpha value is -2.80. The van der Waals surface area contributed by atoms with Crippen LogP contribution in [0.25, 0.3) is 0 Å². The second-order valence-corrected chi connectivity index (χ2v) is 6.15. The van der Waals surface area contributed by atoms with Crippen LogP contribution in [-0.2, 0) is 10.2 Å². The summed E-state index contributed by atoms with van der Waals surface area (Å²) in [4.78, 5) is 13.4. The van der Waals surface area contributed by atoms with Gasteiger partial charge in [-0.25, -0.2) is 8.78 Å². The Bertz CT molecular complexity index is 784. The molecule has 0 atom stereocenters. The number of carboxylic acid groups (broad SMARTS) is 1. The van der Waals surface area contributed by atoms with E-state index in [1.54, 1.807) is 24.3 Å². The molecule has 0 amide bonds. The van der Waals surface area contributed by atoms with Gasteiger partial charge in [0.15, 0.2) is 0 Å². The Kier molecular flexibility index (Phi) is 7.40. The summed E-state index contributed by atoms with van der Waals surface area (Å²) in [5.74, 6) is 3.75. The van der Waals surface area contributed by atoms with Gasteiger partial charge in [0.05, 0.1) is 5.69 Å². The maximum absolute atomic E-state index is 13.0. The maximum atomic E-state index is 13.0. The summed E-state index contributed by atoms with van der Waals surface area (Å²) in [6.07, 6.45) is 0. The smallest absolute Gasteiger partial charge is 0.300 e. The van der Waals surface area contributed by atoms with Gasteiger partial charge in [0, 0.05) is 23.7 Å². The van der Waals surface area contributed by atoms with E-state index in [1.165, 1.54) is 18.2 Å². The zero-order valence-electron chi connectivity index (χ0n) is 15.2. The molecule has 0 saturated carbocycles. The van der Waals surface area contributed by atoms with Gasteiger partial charge in [-0.2, -0.15) is 0 Å². The highest BCUT2D eigenvalue weighted by molar-refractivity contribution is 5.99. The van der Waals surface area contributed by atoms with Crippen LogP contribution in [0, 0.1) is 11.6 Å². The summed E-state index contributed by atoms with van der Waals surface area (Å²) in [7, 11) is 0. The van der Waals surface area contributed by atoms with E-state index in [9.17, 15) is 8.78 Å². The minimum Gasteiger partial charge on any atom is -0.481 e. The number of hydrogen-bond donors (Lipinski definition) is 3. The number of nitrogens with one attached hydrogen (secondary N) is 1. The number of carbonyl (C=O) groups is 1. The normalized spacial score (nSPS) is 13.3. The number of carboxylic acids is 1. The molecule has 0 radical (unpaired) electrons. The number of nitrogens with two attached hydrogens (primary N) is 1. The van der Waals surface area contributed by atoms with Gasteiger partial charge >= 0.3 is 0 Å². The van der Waals surface area contributed by atoms with Crippen molar-refractivity contribution in [2.24, 2.45) is 10.8 Å². The fourth-order valence-corrected chi connectivity index (χ4v) is 2.17. The summed E-state index contributed by atoms with van der Waals surface area (Å²) in [6.45, 7) is 7.20. The van der Waals surface area contributed by atoms with Crippen LogP contribution in [0.15, 0.2) is 47.5 Å². The number of anilines is 1. The van der Waals surface area contributed by atoms with E-state index < -0.39 is 5.97 Å². The van der Waals surface area contributed by atoms with Crippen molar-refractivity contribution in [1.82, 2.24) is 0 Å².